The number of ether oxygens (including phenoxy) is 2. The molecule has 2 aromatic heterocycles. The highest BCUT2D eigenvalue weighted by Crippen LogP contribution is 2.43. The zero-order valence-electron chi connectivity index (χ0n) is 21.2. The van der Waals surface area contributed by atoms with Crippen molar-refractivity contribution in [3.05, 3.63) is 108 Å². The molecular weight excluding hydrogens is 500 g/mol. The summed E-state index contributed by atoms with van der Waals surface area (Å²) in [6.07, 6.45) is 5.91. The molecule has 4 atom stereocenters. The van der Waals surface area contributed by atoms with Gasteiger partial charge in [0.15, 0.2) is 11.4 Å². The minimum Gasteiger partial charge on any atom is -0.392 e. The monoisotopic (exact) mass is 530 g/mol. The molecule has 0 radical (unpaired) electrons. The van der Waals surface area contributed by atoms with E-state index in [1.807, 2.05) is 66.3 Å². The van der Waals surface area contributed by atoms with Gasteiger partial charge in [-0.25, -0.2) is 4.98 Å². The predicted molar refractivity (Wildman–Crippen MR) is 146 cm³/mol. The smallest absolute Gasteiger partial charge is 0.257 e. The van der Waals surface area contributed by atoms with Gasteiger partial charge in [-0.3, -0.25) is 9.78 Å². The summed E-state index contributed by atoms with van der Waals surface area (Å²) in [5.41, 5.74) is 3.81. The number of carbonyl (C=O) groups is 1. The molecular formula is C29H30N4O4S. The molecule has 38 heavy (non-hydrogen) atoms. The van der Waals surface area contributed by atoms with Crippen LogP contribution in [0.1, 0.15) is 46.4 Å². The van der Waals surface area contributed by atoms with Crippen LogP contribution in [0.3, 0.4) is 0 Å². The third-order valence-electron chi connectivity index (χ3n) is 6.62. The maximum absolute atomic E-state index is 12.7. The number of aromatic nitrogens is 3. The van der Waals surface area contributed by atoms with Gasteiger partial charge in [-0.1, -0.05) is 55.1 Å². The first-order valence-corrected chi connectivity index (χ1v) is 13.4. The molecule has 0 bridgehead atoms. The number of imidazole rings is 1. The van der Waals surface area contributed by atoms with E-state index in [2.05, 4.69) is 22.2 Å². The van der Waals surface area contributed by atoms with Crippen LogP contribution in [0.2, 0.25) is 0 Å². The number of hydrogen-bond donors (Lipinski definition) is 2. The summed E-state index contributed by atoms with van der Waals surface area (Å²) < 4.78 is 15.1. The van der Waals surface area contributed by atoms with Crippen molar-refractivity contribution in [2.45, 2.75) is 37.2 Å². The molecule has 0 spiro atoms. The second kappa shape index (κ2) is 11.9. The summed E-state index contributed by atoms with van der Waals surface area (Å²) in [6.45, 7) is 2.13. The number of nitrogens with one attached hydrogen (secondary N) is 1. The predicted octanol–water partition coefficient (Wildman–Crippen LogP) is 5.14. The minimum atomic E-state index is -0.629. The van der Waals surface area contributed by atoms with Crippen molar-refractivity contribution in [3.8, 4) is 0 Å². The van der Waals surface area contributed by atoms with Crippen LogP contribution in [0.25, 0.3) is 0 Å². The number of aliphatic hydroxyl groups excluding tert-OH is 1. The van der Waals surface area contributed by atoms with E-state index < -0.39 is 6.29 Å². The van der Waals surface area contributed by atoms with Gasteiger partial charge in [0, 0.05) is 54.8 Å². The van der Waals surface area contributed by atoms with Crippen LogP contribution in [0.4, 0.5) is 5.69 Å². The first kappa shape index (κ1) is 26.1. The zero-order chi connectivity index (χ0) is 26.5. The van der Waals surface area contributed by atoms with Gasteiger partial charge in [0.1, 0.15) is 0 Å². The Morgan fingerprint density at radius 1 is 1.08 bits per heavy atom. The Labute approximate surface area is 226 Å². The first-order valence-electron chi connectivity index (χ1n) is 12.4. The molecule has 3 heterocycles. The highest BCUT2D eigenvalue weighted by atomic mass is 32.2. The fourth-order valence-corrected chi connectivity index (χ4v) is 5.52. The van der Waals surface area contributed by atoms with Crippen LogP contribution >= 0.6 is 11.8 Å². The number of amides is 1. The maximum Gasteiger partial charge on any atom is 0.257 e. The van der Waals surface area contributed by atoms with Crippen molar-refractivity contribution < 1.29 is 19.4 Å². The lowest BCUT2D eigenvalue weighted by atomic mass is 9.91. The number of anilines is 1. The van der Waals surface area contributed by atoms with E-state index >= 15 is 0 Å². The van der Waals surface area contributed by atoms with Crippen LogP contribution < -0.4 is 5.32 Å². The fraction of sp³-hybridized carbons (Fsp3) is 0.276. The van der Waals surface area contributed by atoms with Gasteiger partial charge in [-0.15, -0.1) is 0 Å². The van der Waals surface area contributed by atoms with Crippen molar-refractivity contribution in [1.29, 1.82) is 0 Å². The molecule has 1 amide bonds. The van der Waals surface area contributed by atoms with Gasteiger partial charge in [-0.2, -0.15) is 0 Å². The van der Waals surface area contributed by atoms with Crippen LogP contribution in [-0.4, -0.2) is 37.4 Å². The molecule has 1 aliphatic heterocycles. The summed E-state index contributed by atoms with van der Waals surface area (Å²) >= 11 is 1.65. The van der Waals surface area contributed by atoms with Gasteiger partial charge < -0.3 is 24.5 Å². The van der Waals surface area contributed by atoms with Gasteiger partial charge in [0.05, 0.1) is 24.4 Å². The highest BCUT2D eigenvalue weighted by molar-refractivity contribution is 7.99. The number of nitrogens with zero attached hydrogens (tertiary/aromatic N) is 3. The summed E-state index contributed by atoms with van der Waals surface area (Å²) in [5.74, 6) is 0.530. The Morgan fingerprint density at radius 2 is 1.92 bits per heavy atom. The van der Waals surface area contributed by atoms with Gasteiger partial charge in [-0.05, 0) is 35.4 Å². The van der Waals surface area contributed by atoms with E-state index in [0.717, 1.165) is 21.8 Å². The van der Waals surface area contributed by atoms with Crippen LogP contribution in [-0.2, 0) is 23.1 Å². The van der Waals surface area contributed by atoms with Crippen molar-refractivity contribution in [1.82, 2.24) is 14.5 Å². The number of benzene rings is 2. The first-order chi connectivity index (χ1) is 18.5. The standard InChI is InChI=1S/C29H30N4O4S/c1-19-25(18-38-29-31-13-14-33(29)2)36-28(37-26(19)21-10-8-20(17-34)9-11-21)22-5-3-7-24(15-22)32-27(35)23-6-4-12-30-16-23/h3-16,19,25-26,28,34H,17-18H2,1-2H3,(H,32,35)/t19-,25+,26+,28+/m1/s1. The molecule has 2 aromatic carbocycles. The SMILES string of the molecule is C[C@@H]1[C@H](CSc2nccn2C)O[C@H](c2cccc(NC(=O)c3cccnc3)c2)O[C@@H]1c1ccc(CO)cc1. The summed E-state index contributed by atoms with van der Waals surface area (Å²) in [5, 5.41) is 13.3. The molecule has 1 saturated heterocycles. The molecule has 4 aromatic rings. The molecule has 0 unspecified atom stereocenters. The van der Waals surface area contributed by atoms with Gasteiger partial charge >= 0.3 is 0 Å². The number of hydrogen-bond acceptors (Lipinski definition) is 7. The molecule has 1 aliphatic rings. The molecule has 1 fully saturated rings. The second-order valence-electron chi connectivity index (χ2n) is 9.27. The van der Waals surface area contributed by atoms with Crippen LogP contribution in [0.5, 0.6) is 0 Å². The Balaban J connectivity index is 1.39. The summed E-state index contributed by atoms with van der Waals surface area (Å²) in [4.78, 5) is 21.1. The number of thioether (sulfide) groups is 1. The van der Waals surface area contributed by atoms with Crippen LogP contribution in [0, 0.1) is 5.92 Å². The van der Waals surface area contributed by atoms with Gasteiger partial charge in [0.25, 0.3) is 5.91 Å². The van der Waals surface area contributed by atoms with E-state index in [1.54, 1.807) is 36.3 Å². The van der Waals surface area contributed by atoms with E-state index in [9.17, 15) is 9.90 Å². The van der Waals surface area contributed by atoms with Crippen molar-refractivity contribution in [2.75, 3.05) is 11.1 Å². The van der Waals surface area contributed by atoms with Crippen molar-refractivity contribution in [3.63, 3.8) is 0 Å². The van der Waals surface area contributed by atoms with E-state index in [-0.39, 0.29) is 30.6 Å². The van der Waals surface area contributed by atoms with Crippen molar-refractivity contribution >= 4 is 23.4 Å². The lowest BCUT2D eigenvalue weighted by molar-refractivity contribution is -0.268. The maximum atomic E-state index is 12.7. The molecule has 0 aliphatic carbocycles. The van der Waals surface area contributed by atoms with Gasteiger partial charge in [0.2, 0.25) is 0 Å². The Morgan fingerprint density at radius 3 is 2.63 bits per heavy atom. The Bertz CT molecular complexity index is 1360. The summed E-state index contributed by atoms with van der Waals surface area (Å²) in [7, 11) is 1.98. The highest BCUT2D eigenvalue weighted by Gasteiger charge is 2.38. The average molecular weight is 531 g/mol. The van der Waals surface area contributed by atoms with Crippen LogP contribution in [0.15, 0.2) is 90.6 Å². The number of carbonyl (C=O) groups excluding carboxylic acids is 1. The molecule has 2 N–H and O–H groups in total. The molecule has 9 heteroatoms. The number of rotatable bonds is 8. The number of aliphatic hydroxyl groups is 1. The number of pyridine rings is 1. The molecule has 196 valence electrons. The largest absolute Gasteiger partial charge is 0.392 e. The Kier molecular flexibility index (Phi) is 8.19. The normalized spacial score (nSPS) is 21.2. The van der Waals surface area contributed by atoms with Crippen molar-refractivity contribution in [2.24, 2.45) is 13.0 Å². The van der Waals surface area contributed by atoms with E-state index in [0.29, 0.717) is 17.0 Å². The lowest BCUT2D eigenvalue weighted by Crippen LogP contribution is -2.38. The molecule has 5 rings (SSSR count). The summed E-state index contributed by atoms with van der Waals surface area (Å²) in [6, 6.07) is 18.8. The molecule has 0 saturated carbocycles. The third-order valence-corrected chi connectivity index (χ3v) is 7.76. The number of aryl methyl sites for hydroxylation is 1. The van der Waals surface area contributed by atoms with E-state index in [4.69, 9.17) is 9.47 Å². The van der Waals surface area contributed by atoms with E-state index in [1.165, 1.54) is 6.20 Å². The average Bonchev–Trinajstić information content (AvgIpc) is 3.37. The fourth-order valence-electron chi connectivity index (χ4n) is 4.42. The second-order valence-corrected chi connectivity index (χ2v) is 10.3. The Hall–Kier alpha value is -3.50. The third kappa shape index (κ3) is 5.97. The topological polar surface area (TPSA) is 98.5 Å². The minimum absolute atomic E-state index is 0.00637. The molecule has 8 nitrogen and oxygen atoms in total. The lowest BCUT2D eigenvalue weighted by Gasteiger charge is -2.41. The zero-order valence-corrected chi connectivity index (χ0v) is 22.0. The quantitative estimate of drug-likeness (QED) is 0.304.